The van der Waals surface area contributed by atoms with Gasteiger partial charge < -0.3 is 15.5 Å². The van der Waals surface area contributed by atoms with Crippen LogP contribution in [0.4, 0.5) is 0 Å². The number of fused-ring (bicyclic) bond motifs is 1. The summed E-state index contributed by atoms with van der Waals surface area (Å²) in [4.78, 5) is 12.8. The van der Waals surface area contributed by atoms with Crippen molar-refractivity contribution < 1.29 is 17.6 Å². The standard InChI is InChI=1S/C18H26N2O4S/c1-12(2)9-18(3,11-19)20-17(21)16-14(10-25(4,22)23)13-7-5-6-8-15(13)24-16/h5-8,12H,9-11,19H2,1-4H3,(H,20,21). The molecule has 0 aliphatic rings. The average Bonchev–Trinajstić information content (AvgIpc) is 2.83. The maximum Gasteiger partial charge on any atom is 0.287 e. The van der Waals surface area contributed by atoms with E-state index in [1.165, 1.54) is 0 Å². The molecule has 0 saturated heterocycles. The molecular weight excluding hydrogens is 340 g/mol. The number of hydrogen-bond acceptors (Lipinski definition) is 5. The number of hydrogen-bond donors (Lipinski definition) is 2. The van der Waals surface area contributed by atoms with E-state index < -0.39 is 21.3 Å². The van der Waals surface area contributed by atoms with Crippen molar-refractivity contribution >= 4 is 26.7 Å². The summed E-state index contributed by atoms with van der Waals surface area (Å²) in [5, 5.41) is 3.56. The predicted octanol–water partition coefficient (Wildman–Crippen LogP) is 2.47. The number of carbonyl (C=O) groups excluding carboxylic acids is 1. The van der Waals surface area contributed by atoms with E-state index in [4.69, 9.17) is 10.2 Å². The summed E-state index contributed by atoms with van der Waals surface area (Å²) in [6.07, 6.45) is 1.84. The minimum absolute atomic E-state index is 0.0371. The van der Waals surface area contributed by atoms with Crippen molar-refractivity contribution in [2.75, 3.05) is 12.8 Å². The highest BCUT2D eigenvalue weighted by molar-refractivity contribution is 7.89. The van der Waals surface area contributed by atoms with Crippen LogP contribution < -0.4 is 11.1 Å². The zero-order valence-electron chi connectivity index (χ0n) is 15.1. The van der Waals surface area contributed by atoms with Gasteiger partial charge in [0.25, 0.3) is 5.91 Å². The van der Waals surface area contributed by atoms with Gasteiger partial charge in [-0.1, -0.05) is 32.0 Å². The largest absolute Gasteiger partial charge is 0.451 e. The highest BCUT2D eigenvalue weighted by Gasteiger charge is 2.30. The first-order valence-electron chi connectivity index (χ1n) is 8.25. The van der Waals surface area contributed by atoms with E-state index in [9.17, 15) is 13.2 Å². The van der Waals surface area contributed by atoms with Crippen molar-refractivity contribution in [2.24, 2.45) is 11.7 Å². The summed E-state index contributed by atoms with van der Waals surface area (Å²) < 4.78 is 29.3. The molecule has 1 unspecified atom stereocenters. The second kappa shape index (κ2) is 7.17. The molecule has 2 aromatic rings. The zero-order valence-corrected chi connectivity index (χ0v) is 15.9. The number of nitrogens with one attached hydrogen (secondary N) is 1. The first kappa shape index (κ1) is 19.5. The van der Waals surface area contributed by atoms with Crippen LogP contribution in [0.5, 0.6) is 0 Å². The summed E-state index contributed by atoms with van der Waals surface area (Å²) in [5.74, 6) is -0.311. The molecule has 0 aliphatic carbocycles. The summed E-state index contributed by atoms with van der Waals surface area (Å²) in [6, 6.07) is 7.04. The molecule has 138 valence electrons. The van der Waals surface area contributed by atoms with Crippen molar-refractivity contribution in [1.82, 2.24) is 5.32 Å². The van der Waals surface area contributed by atoms with E-state index in [-0.39, 0.29) is 18.1 Å². The van der Waals surface area contributed by atoms with E-state index in [2.05, 4.69) is 19.2 Å². The van der Waals surface area contributed by atoms with Gasteiger partial charge in [0.1, 0.15) is 5.58 Å². The van der Waals surface area contributed by atoms with Crippen LogP contribution in [0.3, 0.4) is 0 Å². The second-order valence-electron chi connectivity index (χ2n) is 7.29. The Bertz CT molecular complexity index is 870. The zero-order chi connectivity index (χ0) is 18.8. The van der Waals surface area contributed by atoms with Crippen LogP contribution in [-0.4, -0.2) is 32.7 Å². The number of rotatable bonds is 7. The van der Waals surface area contributed by atoms with Crippen molar-refractivity contribution in [1.29, 1.82) is 0 Å². The molecule has 0 fully saturated rings. The SMILES string of the molecule is CC(C)CC(C)(CN)NC(=O)c1oc2ccccc2c1CS(C)(=O)=O. The molecular formula is C18H26N2O4S. The van der Waals surface area contributed by atoms with Crippen molar-refractivity contribution in [3.63, 3.8) is 0 Å². The van der Waals surface area contributed by atoms with E-state index in [1.54, 1.807) is 24.3 Å². The Kier molecular flexibility index (Phi) is 5.58. The van der Waals surface area contributed by atoms with Crippen molar-refractivity contribution in [2.45, 2.75) is 38.5 Å². The summed E-state index contributed by atoms with van der Waals surface area (Å²) in [7, 11) is -3.33. The van der Waals surface area contributed by atoms with Gasteiger partial charge in [-0.15, -0.1) is 0 Å². The van der Waals surface area contributed by atoms with Gasteiger partial charge in [-0.05, 0) is 25.3 Å². The van der Waals surface area contributed by atoms with Gasteiger partial charge in [0, 0.05) is 23.8 Å². The fourth-order valence-electron chi connectivity index (χ4n) is 3.10. The number of benzene rings is 1. The van der Waals surface area contributed by atoms with Gasteiger partial charge >= 0.3 is 0 Å². The van der Waals surface area contributed by atoms with Gasteiger partial charge in [0.05, 0.1) is 11.3 Å². The lowest BCUT2D eigenvalue weighted by Crippen LogP contribution is -2.52. The van der Waals surface area contributed by atoms with Crippen LogP contribution in [-0.2, 0) is 15.6 Å². The monoisotopic (exact) mass is 366 g/mol. The molecule has 1 amide bonds. The van der Waals surface area contributed by atoms with Crippen LogP contribution in [0.15, 0.2) is 28.7 Å². The minimum atomic E-state index is -3.33. The molecule has 0 bridgehead atoms. The predicted molar refractivity (Wildman–Crippen MR) is 99.1 cm³/mol. The highest BCUT2D eigenvalue weighted by atomic mass is 32.2. The Balaban J connectivity index is 2.45. The lowest BCUT2D eigenvalue weighted by molar-refractivity contribution is 0.0871. The molecule has 25 heavy (non-hydrogen) atoms. The first-order valence-corrected chi connectivity index (χ1v) is 10.3. The number of nitrogens with two attached hydrogens (primary N) is 1. The average molecular weight is 366 g/mol. The van der Waals surface area contributed by atoms with Crippen LogP contribution >= 0.6 is 0 Å². The van der Waals surface area contributed by atoms with E-state index in [1.807, 2.05) is 6.92 Å². The van der Waals surface area contributed by atoms with Gasteiger partial charge in [0.15, 0.2) is 15.6 Å². The van der Waals surface area contributed by atoms with Crippen molar-refractivity contribution in [3.05, 3.63) is 35.6 Å². The molecule has 0 radical (unpaired) electrons. The van der Waals surface area contributed by atoms with E-state index in [0.29, 0.717) is 28.9 Å². The third-order valence-corrected chi connectivity index (χ3v) is 4.85. The molecule has 7 heteroatoms. The van der Waals surface area contributed by atoms with Crippen molar-refractivity contribution in [3.8, 4) is 0 Å². The Hall–Kier alpha value is -1.86. The highest BCUT2D eigenvalue weighted by Crippen LogP contribution is 2.28. The maximum atomic E-state index is 12.8. The molecule has 0 aliphatic heterocycles. The Labute approximate surface area is 148 Å². The van der Waals surface area contributed by atoms with Gasteiger partial charge in [-0.2, -0.15) is 0 Å². The lowest BCUT2D eigenvalue weighted by Gasteiger charge is -2.30. The van der Waals surface area contributed by atoms with Crippen LogP contribution in [0.1, 0.15) is 43.3 Å². The Morgan fingerprint density at radius 1 is 1.32 bits per heavy atom. The smallest absolute Gasteiger partial charge is 0.287 e. The molecule has 1 atom stereocenters. The number of para-hydroxylation sites is 1. The van der Waals surface area contributed by atoms with Gasteiger partial charge in [-0.3, -0.25) is 4.79 Å². The third-order valence-electron chi connectivity index (χ3n) is 4.04. The fraction of sp³-hybridized carbons (Fsp3) is 0.500. The second-order valence-corrected chi connectivity index (χ2v) is 9.43. The molecule has 6 nitrogen and oxygen atoms in total. The number of carbonyl (C=O) groups is 1. The summed E-state index contributed by atoms with van der Waals surface area (Å²) in [5.41, 5.74) is 6.14. The number of furan rings is 1. The maximum absolute atomic E-state index is 12.8. The normalized spacial score (nSPS) is 14.6. The third kappa shape index (κ3) is 4.83. The van der Waals surface area contributed by atoms with Gasteiger partial charge in [-0.25, -0.2) is 8.42 Å². The molecule has 3 N–H and O–H groups in total. The van der Waals surface area contributed by atoms with Gasteiger partial charge in [0.2, 0.25) is 0 Å². The topological polar surface area (TPSA) is 102 Å². The Morgan fingerprint density at radius 2 is 1.96 bits per heavy atom. The summed E-state index contributed by atoms with van der Waals surface area (Å²) >= 11 is 0. The molecule has 0 spiro atoms. The first-order chi connectivity index (χ1) is 11.5. The molecule has 1 aromatic heterocycles. The van der Waals surface area contributed by atoms with Crippen LogP contribution in [0, 0.1) is 5.92 Å². The molecule has 2 rings (SSSR count). The van der Waals surface area contributed by atoms with Crippen LogP contribution in [0.2, 0.25) is 0 Å². The van der Waals surface area contributed by atoms with Crippen LogP contribution in [0.25, 0.3) is 11.0 Å². The number of amides is 1. The van der Waals surface area contributed by atoms with E-state index in [0.717, 1.165) is 6.26 Å². The molecule has 1 aromatic carbocycles. The minimum Gasteiger partial charge on any atom is -0.451 e. The Morgan fingerprint density at radius 3 is 2.52 bits per heavy atom. The lowest BCUT2D eigenvalue weighted by atomic mass is 9.90. The number of sulfone groups is 1. The summed E-state index contributed by atoms with van der Waals surface area (Å²) in [6.45, 7) is 6.26. The van der Waals surface area contributed by atoms with E-state index >= 15 is 0 Å². The molecule has 0 saturated carbocycles. The quantitative estimate of drug-likeness (QED) is 0.784. The fourth-order valence-corrected chi connectivity index (χ4v) is 3.92. The molecule has 1 heterocycles.